The quantitative estimate of drug-likeness (QED) is 0.639. The third-order valence-electron chi connectivity index (χ3n) is 5.59. The van der Waals surface area contributed by atoms with Crippen molar-refractivity contribution in [2.45, 2.75) is 19.4 Å². The zero-order valence-electron chi connectivity index (χ0n) is 17.4. The number of carbonyl (C=O) groups is 3. The average Bonchev–Trinajstić information content (AvgIpc) is 3.31. The molecule has 2 aromatic rings. The monoisotopic (exact) mass is 444 g/mol. The molecule has 3 heterocycles. The van der Waals surface area contributed by atoms with E-state index in [1.165, 1.54) is 6.07 Å². The maximum absolute atomic E-state index is 14.2. The highest BCUT2D eigenvalue weighted by molar-refractivity contribution is 5.88. The van der Waals surface area contributed by atoms with Gasteiger partial charge in [0.1, 0.15) is 5.82 Å². The van der Waals surface area contributed by atoms with Crippen LogP contribution in [0.4, 0.5) is 4.39 Å². The summed E-state index contributed by atoms with van der Waals surface area (Å²) in [5, 5.41) is 9.77. The van der Waals surface area contributed by atoms with Crippen molar-refractivity contribution >= 4 is 18.3 Å². The first-order valence-electron chi connectivity index (χ1n) is 10.2. The minimum atomic E-state index is -0.862. The number of amides is 2. The van der Waals surface area contributed by atoms with Crippen LogP contribution in [0.5, 0.6) is 0 Å². The Kier molecular flexibility index (Phi) is 7.82. The smallest absolute Gasteiger partial charge is 0.290 e. The van der Waals surface area contributed by atoms with Gasteiger partial charge in [-0.25, -0.2) is 4.39 Å². The molecule has 0 radical (unpaired) electrons. The molecule has 0 saturated carbocycles. The van der Waals surface area contributed by atoms with Crippen molar-refractivity contribution in [3.8, 4) is 0 Å². The van der Waals surface area contributed by atoms with E-state index in [1.807, 2.05) is 0 Å². The van der Waals surface area contributed by atoms with E-state index in [9.17, 15) is 14.0 Å². The summed E-state index contributed by atoms with van der Waals surface area (Å²) in [5.74, 6) is -0.696. The molecular formula is C22H25FN4O5. The molecule has 4 rings (SSSR count). The normalized spacial score (nSPS) is 18.7. The van der Waals surface area contributed by atoms with Gasteiger partial charge in [0.2, 0.25) is 11.8 Å². The molecule has 2 N–H and O–H groups in total. The number of nitrogens with zero attached hydrogens (tertiary/aromatic N) is 3. The summed E-state index contributed by atoms with van der Waals surface area (Å²) in [6.45, 7) is 1.53. The van der Waals surface area contributed by atoms with Crippen molar-refractivity contribution < 1.29 is 28.6 Å². The van der Waals surface area contributed by atoms with E-state index < -0.39 is 5.41 Å². The number of aromatic nitrogens is 2. The molecule has 2 saturated heterocycles. The van der Waals surface area contributed by atoms with Crippen molar-refractivity contribution in [1.29, 1.82) is 0 Å². The van der Waals surface area contributed by atoms with Crippen molar-refractivity contribution in [1.82, 2.24) is 20.2 Å². The molecule has 0 bridgehead atoms. The van der Waals surface area contributed by atoms with Gasteiger partial charge in [0.15, 0.2) is 0 Å². The molecule has 0 aliphatic carbocycles. The summed E-state index contributed by atoms with van der Waals surface area (Å²) in [5.41, 5.74) is 0.246. The molecule has 170 valence electrons. The fourth-order valence-corrected chi connectivity index (χ4v) is 3.95. The number of likely N-dealkylation sites (tertiary alicyclic amines) is 1. The van der Waals surface area contributed by atoms with Gasteiger partial charge in [-0.1, -0.05) is 18.2 Å². The van der Waals surface area contributed by atoms with E-state index in [2.05, 4.69) is 15.3 Å². The van der Waals surface area contributed by atoms with Gasteiger partial charge < -0.3 is 20.1 Å². The van der Waals surface area contributed by atoms with Gasteiger partial charge in [0, 0.05) is 32.1 Å². The Balaban J connectivity index is 0.000000913. The SMILES string of the molecule is O=C(C1CCOC1)N1CC(Cc2ccccc2F)(C(=O)NCc2cnccn2)C1.O=CO. The second-order valence-corrected chi connectivity index (χ2v) is 7.79. The van der Waals surface area contributed by atoms with Crippen molar-refractivity contribution in [2.24, 2.45) is 11.3 Å². The lowest BCUT2D eigenvalue weighted by Crippen LogP contribution is -2.66. The van der Waals surface area contributed by atoms with Crippen molar-refractivity contribution in [3.63, 3.8) is 0 Å². The highest BCUT2D eigenvalue weighted by atomic mass is 19.1. The van der Waals surface area contributed by atoms with E-state index in [1.54, 1.807) is 41.7 Å². The Hall–Kier alpha value is -3.40. The molecular weight excluding hydrogens is 419 g/mol. The minimum Gasteiger partial charge on any atom is -0.483 e. The van der Waals surface area contributed by atoms with E-state index in [0.717, 1.165) is 0 Å². The van der Waals surface area contributed by atoms with E-state index in [-0.39, 0.29) is 56.1 Å². The van der Waals surface area contributed by atoms with Gasteiger partial charge in [-0.3, -0.25) is 24.4 Å². The van der Waals surface area contributed by atoms with Crippen molar-refractivity contribution in [3.05, 3.63) is 59.9 Å². The van der Waals surface area contributed by atoms with Gasteiger partial charge in [0.25, 0.3) is 6.47 Å². The first-order chi connectivity index (χ1) is 15.5. The van der Waals surface area contributed by atoms with Crippen LogP contribution in [-0.4, -0.2) is 64.6 Å². The standard InChI is InChI=1S/C21H23FN4O3.CH2O2/c22-18-4-2-1-3-15(18)9-21(20(28)25-11-17-10-23-6-7-24-17)13-26(14-21)19(27)16-5-8-29-12-16;2-1-3/h1-4,6-7,10,16H,5,8-9,11-14H2,(H,25,28);1H,(H,2,3). The zero-order chi connectivity index (χ0) is 23.0. The highest BCUT2D eigenvalue weighted by Gasteiger charge is 2.52. The van der Waals surface area contributed by atoms with E-state index in [0.29, 0.717) is 30.9 Å². The Morgan fingerprint density at radius 3 is 2.69 bits per heavy atom. The molecule has 9 nitrogen and oxygen atoms in total. The maximum Gasteiger partial charge on any atom is 0.290 e. The van der Waals surface area contributed by atoms with Crippen LogP contribution in [-0.2, 0) is 32.1 Å². The third-order valence-corrected chi connectivity index (χ3v) is 5.59. The molecule has 0 spiro atoms. The number of nitrogens with one attached hydrogen (secondary N) is 1. The number of halogens is 1. The number of carbonyl (C=O) groups excluding carboxylic acids is 2. The molecule has 2 aliphatic heterocycles. The first kappa shape index (κ1) is 23.3. The summed E-state index contributed by atoms with van der Waals surface area (Å²) in [6, 6.07) is 6.44. The molecule has 2 fully saturated rings. The average molecular weight is 444 g/mol. The van der Waals surface area contributed by atoms with Crippen LogP contribution in [0.3, 0.4) is 0 Å². The Labute approximate surface area is 184 Å². The van der Waals surface area contributed by atoms with Gasteiger partial charge in [-0.2, -0.15) is 0 Å². The van der Waals surface area contributed by atoms with Crippen LogP contribution in [0.2, 0.25) is 0 Å². The lowest BCUT2D eigenvalue weighted by molar-refractivity contribution is -0.156. The van der Waals surface area contributed by atoms with Gasteiger partial charge in [-0.05, 0) is 24.5 Å². The van der Waals surface area contributed by atoms with Crippen LogP contribution in [0.15, 0.2) is 42.9 Å². The molecule has 32 heavy (non-hydrogen) atoms. The van der Waals surface area contributed by atoms with Crippen LogP contribution >= 0.6 is 0 Å². The minimum absolute atomic E-state index is 0.00776. The predicted octanol–water partition coefficient (Wildman–Crippen LogP) is 1.04. The second-order valence-electron chi connectivity index (χ2n) is 7.79. The largest absolute Gasteiger partial charge is 0.483 e. The summed E-state index contributed by atoms with van der Waals surface area (Å²) >= 11 is 0. The molecule has 1 atom stereocenters. The number of hydrogen-bond acceptors (Lipinski definition) is 6. The molecule has 1 unspecified atom stereocenters. The summed E-state index contributed by atoms with van der Waals surface area (Å²) in [6.07, 6.45) is 5.64. The van der Waals surface area contributed by atoms with Crippen molar-refractivity contribution in [2.75, 3.05) is 26.3 Å². The number of rotatable bonds is 6. The van der Waals surface area contributed by atoms with Crippen LogP contribution in [0, 0.1) is 17.2 Å². The Bertz CT molecular complexity index is 931. The molecule has 10 heteroatoms. The third kappa shape index (κ3) is 5.44. The van der Waals surface area contributed by atoms with Crippen LogP contribution in [0.25, 0.3) is 0 Å². The number of hydrogen-bond donors (Lipinski definition) is 2. The van der Waals surface area contributed by atoms with Crippen LogP contribution in [0.1, 0.15) is 17.7 Å². The topological polar surface area (TPSA) is 122 Å². The van der Waals surface area contributed by atoms with Gasteiger partial charge >= 0.3 is 0 Å². The summed E-state index contributed by atoms with van der Waals surface area (Å²) in [4.78, 5) is 43.9. The van der Waals surface area contributed by atoms with E-state index in [4.69, 9.17) is 14.6 Å². The second kappa shape index (κ2) is 10.8. The number of ether oxygens (including phenoxy) is 1. The van der Waals surface area contributed by atoms with Gasteiger partial charge in [0.05, 0.1) is 36.4 Å². The zero-order valence-corrected chi connectivity index (χ0v) is 17.4. The lowest BCUT2D eigenvalue weighted by atomic mass is 9.73. The number of carboxylic acid groups (broad SMARTS) is 1. The molecule has 2 amide bonds. The molecule has 2 aliphatic rings. The van der Waals surface area contributed by atoms with E-state index >= 15 is 0 Å². The molecule has 1 aromatic carbocycles. The van der Waals surface area contributed by atoms with Gasteiger partial charge in [-0.15, -0.1) is 0 Å². The number of benzene rings is 1. The Morgan fingerprint density at radius 2 is 2.06 bits per heavy atom. The summed E-state index contributed by atoms with van der Waals surface area (Å²) < 4.78 is 19.6. The lowest BCUT2D eigenvalue weighted by Gasteiger charge is -2.49. The summed E-state index contributed by atoms with van der Waals surface area (Å²) in [7, 11) is 0. The first-order valence-corrected chi connectivity index (χ1v) is 10.2. The Morgan fingerprint density at radius 1 is 1.31 bits per heavy atom. The fourth-order valence-electron chi connectivity index (χ4n) is 3.95. The molecule has 1 aromatic heterocycles. The van der Waals surface area contributed by atoms with Crippen LogP contribution < -0.4 is 5.32 Å². The maximum atomic E-state index is 14.2. The fraction of sp³-hybridized carbons (Fsp3) is 0.409. The highest BCUT2D eigenvalue weighted by Crippen LogP contribution is 2.37. The predicted molar refractivity (Wildman–Crippen MR) is 111 cm³/mol.